The van der Waals surface area contributed by atoms with Crippen LogP contribution >= 0.6 is 0 Å². The molecule has 1 atom stereocenters. The van der Waals surface area contributed by atoms with Crippen molar-refractivity contribution in [1.29, 1.82) is 0 Å². The number of rotatable bonds is 7. The molecule has 1 unspecified atom stereocenters. The first kappa shape index (κ1) is 16.4. The van der Waals surface area contributed by atoms with Crippen LogP contribution in [0.5, 0.6) is 0 Å². The number of piperidine rings is 1. The largest absolute Gasteiger partial charge is 0.383 e. The van der Waals surface area contributed by atoms with Gasteiger partial charge in [0.25, 0.3) is 0 Å². The van der Waals surface area contributed by atoms with Crippen LogP contribution in [0.25, 0.3) is 0 Å². The van der Waals surface area contributed by atoms with Gasteiger partial charge in [-0.15, -0.1) is 0 Å². The SMILES string of the molecule is COCCNC(=O)C(C)NC1CCN(C(C)C)CC1. The molecule has 1 aliphatic rings. The third-order valence-corrected chi connectivity index (χ3v) is 3.74. The highest BCUT2D eigenvalue weighted by molar-refractivity contribution is 5.81. The first-order chi connectivity index (χ1) is 9.04. The molecule has 112 valence electrons. The number of hydrogen-bond acceptors (Lipinski definition) is 4. The number of nitrogens with zero attached hydrogens (tertiary/aromatic N) is 1. The van der Waals surface area contributed by atoms with Crippen molar-refractivity contribution >= 4 is 5.91 Å². The molecule has 0 aromatic rings. The predicted molar refractivity (Wildman–Crippen MR) is 77.2 cm³/mol. The van der Waals surface area contributed by atoms with Crippen molar-refractivity contribution in [2.75, 3.05) is 33.4 Å². The van der Waals surface area contributed by atoms with Gasteiger partial charge in [0.1, 0.15) is 0 Å². The fourth-order valence-electron chi connectivity index (χ4n) is 2.44. The molecule has 1 fully saturated rings. The Hall–Kier alpha value is -0.650. The smallest absolute Gasteiger partial charge is 0.236 e. The van der Waals surface area contributed by atoms with Crippen LogP contribution in [-0.4, -0.2) is 62.3 Å². The lowest BCUT2D eigenvalue weighted by molar-refractivity contribution is -0.123. The van der Waals surface area contributed by atoms with Crippen LogP contribution in [0.2, 0.25) is 0 Å². The Labute approximate surface area is 117 Å². The highest BCUT2D eigenvalue weighted by Gasteiger charge is 2.23. The lowest BCUT2D eigenvalue weighted by atomic mass is 10.0. The van der Waals surface area contributed by atoms with Crippen molar-refractivity contribution in [3.8, 4) is 0 Å². The third kappa shape index (κ3) is 5.89. The first-order valence-corrected chi connectivity index (χ1v) is 7.31. The van der Waals surface area contributed by atoms with Gasteiger partial charge in [-0.05, 0) is 46.7 Å². The van der Waals surface area contributed by atoms with Crippen LogP contribution in [-0.2, 0) is 9.53 Å². The van der Waals surface area contributed by atoms with E-state index in [-0.39, 0.29) is 11.9 Å². The Kier molecular flexibility index (Phi) is 7.34. The molecular weight excluding hydrogens is 242 g/mol. The number of methoxy groups -OCH3 is 1. The second-order valence-corrected chi connectivity index (χ2v) is 5.58. The summed E-state index contributed by atoms with van der Waals surface area (Å²) in [6, 6.07) is 0.946. The highest BCUT2D eigenvalue weighted by atomic mass is 16.5. The summed E-state index contributed by atoms with van der Waals surface area (Å²) in [6.07, 6.45) is 2.24. The van der Waals surface area contributed by atoms with Crippen LogP contribution in [0, 0.1) is 0 Å². The Balaban J connectivity index is 2.22. The zero-order chi connectivity index (χ0) is 14.3. The molecule has 0 spiro atoms. The number of carbonyl (C=O) groups is 1. The lowest BCUT2D eigenvalue weighted by Crippen LogP contribution is -2.51. The molecule has 0 aromatic carbocycles. The number of nitrogens with one attached hydrogen (secondary N) is 2. The normalized spacial score (nSPS) is 19.6. The van der Waals surface area contributed by atoms with E-state index in [9.17, 15) is 4.79 Å². The lowest BCUT2D eigenvalue weighted by Gasteiger charge is -2.35. The second kappa shape index (κ2) is 8.51. The Bertz CT molecular complexity index is 263. The molecule has 1 aliphatic heterocycles. The van der Waals surface area contributed by atoms with Crippen LogP contribution < -0.4 is 10.6 Å². The minimum absolute atomic E-state index is 0.0586. The molecule has 1 amide bonds. The maximum Gasteiger partial charge on any atom is 0.236 e. The average molecular weight is 271 g/mol. The van der Waals surface area contributed by atoms with Crippen LogP contribution in [0.1, 0.15) is 33.6 Å². The van der Waals surface area contributed by atoms with E-state index >= 15 is 0 Å². The van der Waals surface area contributed by atoms with E-state index in [4.69, 9.17) is 4.74 Å². The standard InChI is InChI=1S/C14H29N3O2/c1-11(2)17-8-5-13(6-9-17)16-12(3)14(18)15-7-10-19-4/h11-13,16H,5-10H2,1-4H3,(H,15,18). The van der Waals surface area contributed by atoms with E-state index in [0.717, 1.165) is 25.9 Å². The molecule has 2 N–H and O–H groups in total. The minimum Gasteiger partial charge on any atom is -0.383 e. The van der Waals surface area contributed by atoms with Gasteiger partial charge < -0.3 is 20.3 Å². The molecule has 5 heteroatoms. The first-order valence-electron chi connectivity index (χ1n) is 7.31. The topological polar surface area (TPSA) is 53.6 Å². The van der Waals surface area contributed by atoms with Crippen molar-refractivity contribution in [1.82, 2.24) is 15.5 Å². The summed E-state index contributed by atoms with van der Waals surface area (Å²) in [5.41, 5.74) is 0. The molecule has 1 heterocycles. The van der Waals surface area contributed by atoms with Gasteiger partial charge in [0, 0.05) is 25.7 Å². The van der Waals surface area contributed by atoms with E-state index in [1.165, 1.54) is 0 Å². The molecule has 19 heavy (non-hydrogen) atoms. The maximum atomic E-state index is 11.8. The third-order valence-electron chi connectivity index (χ3n) is 3.74. The molecule has 0 bridgehead atoms. The number of likely N-dealkylation sites (tertiary alicyclic amines) is 1. The van der Waals surface area contributed by atoms with Gasteiger partial charge in [0.15, 0.2) is 0 Å². The van der Waals surface area contributed by atoms with E-state index in [2.05, 4.69) is 29.4 Å². The van der Waals surface area contributed by atoms with Gasteiger partial charge in [-0.25, -0.2) is 0 Å². The molecule has 0 radical (unpaired) electrons. The van der Waals surface area contributed by atoms with Gasteiger partial charge in [0.2, 0.25) is 5.91 Å². The monoisotopic (exact) mass is 271 g/mol. The maximum absolute atomic E-state index is 11.8. The van der Waals surface area contributed by atoms with Gasteiger partial charge in [0.05, 0.1) is 12.6 Å². The zero-order valence-electron chi connectivity index (χ0n) is 12.7. The summed E-state index contributed by atoms with van der Waals surface area (Å²) in [5, 5.41) is 6.29. The summed E-state index contributed by atoms with van der Waals surface area (Å²) < 4.78 is 4.92. The van der Waals surface area contributed by atoms with E-state index in [0.29, 0.717) is 25.2 Å². The quantitative estimate of drug-likeness (QED) is 0.666. The van der Waals surface area contributed by atoms with Crippen LogP contribution in [0.4, 0.5) is 0 Å². The van der Waals surface area contributed by atoms with Gasteiger partial charge in [-0.3, -0.25) is 4.79 Å². The summed E-state index contributed by atoms with van der Waals surface area (Å²) >= 11 is 0. The van der Waals surface area contributed by atoms with Crippen molar-refractivity contribution < 1.29 is 9.53 Å². The summed E-state index contributed by atoms with van der Waals surface area (Å²) in [6.45, 7) is 9.77. The highest BCUT2D eigenvalue weighted by Crippen LogP contribution is 2.13. The van der Waals surface area contributed by atoms with Crippen LogP contribution in [0.3, 0.4) is 0 Å². The zero-order valence-corrected chi connectivity index (χ0v) is 12.7. The molecule has 0 aliphatic carbocycles. The number of hydrogen-bond donors (Lipinski definition) is 2. The van der Waals surface area contributed by atoms with Gasteiger partial charge >= 0.3 is 0 Å². The molecule has 5 nitrogen and oxygen atoms in total. The van der Waals surface area contributed by atoms with E-state index < -0.39 is 0 Å². The molecule has 0 saturated carbocycles. The van der Waals surface area contributed by atoms with Crippen molar-refractivity contribution in [3.05, 3.63) is 0 Å². The fraction of sp³-hybridized carbons (Fsp3) is 0.929. The van der Waals surface area contributed by atoms with Crippen molar-refractivity contribution in [3.63, 3.8) is 0 Å². The molecule has 1 rings (SSSR count). The summed E-state index contributed by atoms with van der Waals surface area (Å²) in [4.78, 5) is 14.3. The van der Waals surface area contributed by atoms with E-state index in [1.807, 2.05) is 6.92 Å². The molecular formula is C14H29N3O2. The van der Waals surface area contributed by atoms with E-state index in [1.54, 1.807) is 7.11 Å². The van der Waals surface area contributed by atoms with Gasteiger partial charge in [-0.2, -0.15) is 0 Å². The summed E-state index contributed by atoms with van der Waals surface area (Å²) in [7, 11) is 1.64. The number of amides is 1. The summed E-state index contributed by atoms with van der Waals surface area (Å²) in [5.74, 6) is 0.0586. The Morgan fingerprint density at radius 1 is 1.32 bits per heavy atom. The number of ether oxygens (including phenoxy) is 1. The van der Waals surface area contributed by atoms with Crippen molar-refractivity contribution in [2.45, 2.75) is 51.7 Å². The molecule has 1 saturated heterocycles. The van der Waals surface area contributed by atoms with Gasteiger partial charge in [-0.1, -0.05) is 0 Å². The second-order valence-electron chi connectivity index (χ2n) is 5.58. The fourth-order valence-corrected chi connectivity index (χ4v) is 2.44. The Morgan fingerprint density at radius 3 is 2.47 bits per heavy atom. The number of carbonyl (C=O) groups excluding carboxylic acids is 1. The van der Waals surface area contributed by atoms with Crippen molar-refractivity contribution in [2.24, 2.45) is 0 Å². The average Bonchev–Trinajstić information content (AvgIpc) is 2.39. The van der Waals surface area contributed by atoms with Crippen LogP contribution in [0.15, 0.2) is 0 Å². The minimum atomic E-state index is -0.132. The Morgan fingerprint density at radius 2 is 1.95 bits per heavy atom. The molecule has 0 aromatic heterocycles. The predicted octanol–water partition coefficient (Wildman–Crippen LogP) is 0.600.